The maximum atomic E-state index is 5.75. The fraction of sp³-hybridized carbons (Fsp3) is 0.692. The molecule has 1 unspecified atom stereocenters. The van der Waals surface area contributed by atoms with Gasteiger partial charge in [-0.1, -0.05) is 27.7 Å². The van der Waals surface area contributed by atoms with E-state index in [1.165, 1.54) is 5.69 Å². The first kappa shape index (κ1) is 13.3. The Hall–Kier alpha value is -0.800. The Morgan fingerprint density at radius 1 is 1.44 bits per heavy atom. The molecule has 3 heteroatoms. The van der Waals surface area contributed by atoms with Crippen LogP contribution in [0.2, 0.25) is 0 Å². The molecule has 16 heavy (non-hydrogen) atoms. The summed E-state index contributed by atoms with van der Waals surface area (Å²) in [6, 6.07) is 4.57. The Labute approximate surface area is 98.8 Å². The minimum atomic E-state index is 0.117. The molecule has 0 bridgehead atoms. The normalized spacial score (nSPS) is 14.4. The molecule has 92 valence electrons. The summed E-state index contributed by atoms with van der Waals surface area (Å²) in [5, 5.41) is 3.55. The topological polar surface area (TPSA) is 53.8 Å². The highest BCUT2D eigenvalue weighted by atomic mass is 15.0. The second-order valence-electron chi connectivity index (χ2n) is 5.43. The first-order chi connectivity index (χ1) is 7.47. The zero-order valence-electron chi connectivity index (χ0n) is 10.9. The van der Waals surface area contributed by atoms with Crippen LogP contribution < -0.4 is 11.1 Å². The summed E-state index contributed by atoms with van der Waals surface area (Å²) in [5.74, 6) is 0.574. The monoisotopic (exact) mass is 223 g/mol. The highest BCUT2D eigenvalue weighted by Crippen LogP contribution is 2.20. The molecule has 1 atom stereocenters. The molecule has 3 nitrogen and oxygen atoms in total. The SMILES string of the molecule is CC(C)C(CN)NCC(C)(C)c1ccc[nH]1. The van der Waals surface area contributed by atoms with E-state index in [-0.39, 0.29) is 5.41 Å². The third kappa shape index (κ3) is 3.35. The van der Waals surface area contributed by atoms with Crippen molar-refractivity contribution in [2.75, 3.05) is 13.1 Å². The summed E-state index contributed by atoms with van der Waals surface area (Å²) in [7, 11) is 0. The number of nitrogens with one attached hydrogen (secondary N) is 2. The van der Waals surface area contributed by atoms with Gasteiger partial charge in [0.15, 0.2) is 0 Å². The Morgan fingerprint density at radius 2 is 2.12 bits per heavy atom. The van der Waals surface area contributed by atoms with E-state index in [9.17, 15) is 0 Å². The number of hydrogen-bond acceptors (Lipinski definition) is 2. The van der Waals surface area contributed by atoms with Crippen LogP contribution in [0.5, 0.6) is 0 Å². The van der Waals surface area contributed by atoms with Crippen molar-refractivity contribution in [2.24, 2.45) is 11.7 Å². The first-order valence-electron chi connectivity index (χ1n) is 6.04. The van der Waals surface area contributed by atoms with Crippen molar-refractivity contribution in [2.45, 2.75) is 39.2 Å². The van der Waals surface area contributed by atoms with Crippen LogP contribution in [-0.4, -0.2) is 24.1 Å². The van der Waals surface area contributed by atoms with Crippen LogP contribution in [0, 0.1) is 5.92 Å². The van der Waals surface area contributed by atoms with Crippen LogP contribution in [-0.2, 0) is 5.41 Å². The average molecular weight is 223 g/mol. The third-order valence-electron chi connectivity index (χ3n) is 3.19. The van der Waals surface area contributed by atoms with E-state index in [1.807, 2.05) is 12.3 Å². The van der Waals surface area contributed by atoms with Gasteiger partial charge in [-0.15, -0.1) is 0 Å². The van der Waals surface area contributed by atoms with Gasteiger partial charge in [0.2, 0.25) is 0 Å². The minimum Gasteiger partial charge on any atom is -0.365 e. The quantitative estimate of drug-likeness (QED) is 0.689. The maximum absolute atomic E-state index is 5.75. The van der Waals surface area contributed by atoms with Gasteiger partial charge in [0.05, 0.1) is 0 Å². The lowest BCUT2D eigenvalue weighted by atomic mass is 9.88. The lowest BCUT2D eigenvalue weighted by molar-refractivity contribution is 0.357. The molecule has 0 aromatic carbocycles. The average Bonchev–Trinajstić information content (AvgIpc) is 2.71. The minimum absolute atomic E-state index is 0.117. The molecule has 1 aromatic heterocycles. The summed E-state index contributed by atoms with van der Waals surface area (Å²) >= 11 is 0. The molecule has 0 saturated carbocycles. The molecule has 0 fully saturated rings. The van der Waals surface area contributed by atoms with Crippen molar-refractivity contribution in [3.8, 4) is 0 Å². The molecule has 0 aliphatic heterocycles. The van der Waals surface area contributed by atoms with Gasteiger partial charge in [0.25, 0.3) is 0 Å². The second kappa shape index (κ2) is 5.51. The predicted molar refractivity (Wildman–Crippen MR) is 69.5 cm³/mol. The van der Waals surface area contributed by atoms with Gasteiger partial charge in [-0.25, -0.2) is 0 Å². The summed E-state index contributed by atoms with van der Waals surface area (Å²) in [4.78, 5) is 3.28. The Kier molecular flexibility index (Phi) is 4.56. The van der Waals surface area contributed by atoms with Gasteiger partial charge < -0.3 is 16.0 Å². The highest BCUT2D eigenvalue weighted by Gasteiger charge is 2.23. The Morgan fingerprint density at radius 3 is 2.56 bits per heavy atom. The number of aromatic amines is 1. The molecule has 0 aliphatic carbocycles. The number of nitrogens with two attached hydrogens (primary N) is 1. The molecule has 0 saturated heterocycles. The zero-order chi connectivity index (χ0) is 12.2. The fourth-order valence-electron chi connectivity index (χ4n) is 1.82. The lowest BCUT2D eigenvalue weighted by Crippen LogP contribution is -2.45. The van der Waals surface area contributed by atoms with Crippen molar-refractivity contribution in [3.05, 3.63) is 24.0 Å². The standard InChI is InChI=1S/C13H25N3/c1-10(2)11(8-14)16-9-13(3,4)12-6-5-7-15-12/h5-7,10-11,15-16H,8-9,14H2,1-4H3. The third-order valence-corrected chi connectivity index (χ3v) is 3.19. The van der Waals surface area contributed by atoms with Crippen LogP contribution in [0.4, 0.5) is 0 Å². The molecule has 0 radical (unpaired) electrons. The second-order valence-corrected chi connectivity index (χ2v) is 5.43. The number of hydrogen-bond donors (Lipinski definition) is 3. The zero-order valence-corrected chi connectivity index (χ0v) is 10.9. The van der Waals surface area contributed by atoms with Gasteiger partial charge in [0.1, 0.15) is 0 Å². The number of rotatable bonds is 6. The van der Waals surface area contributed by atoms with E-state index in [2.05, 4.69) is 44.1 Å². The van der Waals surface area contributed by atoms with Crippen molar-refractivity contribution in [3.63, 3.8) is 0 Å². The summed E-state index contributed by atoms with van der Waals surface area (Å²) in [6.45, 7) is 10.5. The van der Waals surface area contributed by atoms with Crippen LogP contribution in [0.1, 0.15) is 33.4 Å². The van der Waals surface area contributed by atoms with Crippen molar-refractivity contribution < 1.29 is 0 Å². The van der Waals surface area contributed by atoms with E-state index >= 15 is 0 Å². The van der Waals surface area contributed by atoms with Gasteiger partial charge in [0, 0.05) is 36.4 Å². The number of aromatic nitrogens is 1. The molecule has 1 aromatic rings. The van der Waals surface area contributed by atoms with Crippen LogP contribution >= 0.6 is 0 Å². The van der Waals surface area contributed by atoms with Gasteiger partial charge in [-0.2, -0.15) is 0 Å². The molecule has 1 rings (SSSR count). The van der Waals surface area contributed by atoms with Crippen molar-refractivity contribution in [1.29, 1.82) is 0 Å². The van der Waals surface area contributed by atoms with Crippen molar-refractivity contribution in [1.82, 2.24) is 10.3 Å². The number of H-pyrrole nitrogens is 1. The van der Waals surface area contributed by atoms with Crippen molar-refractivity contribution >= 4 is 0 Å². The highest BCUT2D eigenvalue weighted by molar-refractivity contribution is 5.15. The molecule has 4 N–H and O–H groups in total. The van der Waals surface area contributed by atoms with Crippen LogP contribution in [0.25, 0.3) is 0 Å². The largest absolute Gasteiger partial charge is 0.365 e. The van der Waals surface area contributed by atoms with E-state index in [4.69, 9.17) is 5.73 Å². The first-order valence-corrected chi connectivity index (χ1v) is 6.04. The van der Waals surface area contributed by atoms with E-state index in [0.717, 1.165) is 6.54 Å². The molecule has 0 amide bonds. The molecular weight excluding hydrogens is 198 g/mol. The molecule has 0 aliphatic rings. The summed E-state index contributed by atoms with van der Waals surface area (Å²) in [6.07, 6.45) is 1.97. The lowest BCUT2D eigenvalue weighted by Gasteiger charge is -2.29. The molecular formula is C13H25N3. The van der Waals surface area contributed by atoms with Crippen LogP contribution in [0.3, 0.4) is 0 Å². The van der Waals surface area contributed by atoms with Gasteiger partial charge >= 0.3 is 0 Å². The fourth-order valence-corrected chi connectivity index (χ4v) is 1.82. The van der Waals surface area contributed by atoms with Crippen LogP contribution in [0.15, 0.2) is 18.3 Å². The summed E-state index contributed by atoms with van der Waals surface area (Å²) < 4.78 is 0. The van der Waals surface area contributed by atoms with Gasteiger partial charge in [-0.3, -0.25) is 0 Å². The predicted octanol–water partition coefficient (Wildman–Crippen LogP) is 1.87. The van der Waals surface area contributed by atoms with Gasteiger partial charge in [-0.05, 0) is 18.1 Å². The van der Waals surface area contributed by atoms with E-state index < -0.39 is 0 Å². The van der Waals surface area contributed by atoms with E-state index in [0.29, 0.717) is 18.5 Å². The smallest absolute Gasteiger partial charge is 0.0217 e. The molecule has 0 spiro atoms. The Balaban J connectivity index is 2.54. The molecule has 1 heterocycles. The maximum Gasteiger partial charge on any atom is 0.0217 e. The summed E-state index contributed by atoms with van der Waals surface area (Å²) in [5.41, 5.74) is 7.13. The Bertz CT molecular complexity index is 288. The van der Waals surface area contributed by atoms with E-state index in [1.54, 1.807) is 0 Å².